The van der Waals surface area contributed by atoms with Crippen LogP contribution in [0, 0.1) is 0 Å². The number of aromatic nitrogens is 3. The summed E-state index contributed by atoms with van der Waals surface area (Å²) >= 11 is 0.533. The van der Waals surface area contributed by atoms with E-state index in [2.05, 4.69) is 15.0 Å². The molecule has 0 aliphatic carbocycles. The highest BCUT2D eigenvalue weighted by atomic mass is 32.1. The van der Waals surface area contributed by atoms with E-state index in [1.807, 2.05) is 0 Å². The number of para-hydroxylation sites is 2. The summed E-state index contributed by atoms with van der Waals surface area (Å²) in [5.74, 6) is -2.33. The van der Waals surface area contributed by atoms with E-state index < -0.39 is 286 Å². The summed E-state index contributed by atoms with van der Waals surface area (Å²) in [6.45, 7) is 0. The van der Waals surface area contributed by atoms with Crippen LogP contribution in [0.4, 0.5) is 0 Å². The zero-order chi connectivity index (χ0) is 62.7. The molecule has 8 aromatic carbocycles. The van der Waals surface area contributed by atoms with Crippen LogP contribution in [-0.4, -0.2) is 15.0 Å². The Bertz CT molecular complexity index is 5100. The second kappa shape index (κ2) is 12.6. The molecule has 266 valence electrons. The normalized spacial score (nSPS) is 19.0. The van der Waals surface area contributed by atoms with E-state index >= 15 is 0 Å². The first-order valence-corrected chi connectivity index (χ1v) is 17.4. The highest BCUT2D eigenvalue weighted by Crippen LogP contribution is 2.47. The molecular formula is C51H29N3O2S. The van der Waals surface area contributed by atoms with Crippen LogP contribution in [0.25, 0.3) is 120 Å². The highest BCUT2D eigenvalue weighted by Gasteiger charge is 2.21. The summed E-state index contributed by atoms with van der Waals surface area (Å²) in [7, 11) is 0. The molecule has 57 heavy (non-hydrogen) atoms. The third-order valence-corrected chi connectivity index (χ3v) is 9.91. The Hall–Kier alpha value is -7.41. The molecule has 0 atom stereocenters. The van der Waals surface area contributed by atoms with Gasteiger partial charge in [0.05, 0.1) is 39.8 Å². The molecule has 0 unspecified atom stereocenters. The van der Waals surface area contributed by atoms with Crippen molar-refractivity contribution in [3.8, 4) is 56.4 Å². The molecule has 0 saturated heterocycles. The summed E-state index contributed by atoms with van der Waals surface area (Å²) < 4.78 is 271. The monoisotopic (exact) mass is 776 g/mol. The molecule has 0 saturated carbocycles. The summed E-state index contributed by atoms with van der Waals surface area (Å²) in [5.41, 5.74) is -7.14. The smallest absolute Gasteiger partial charge is 0.164 e. The maximum atomic E-state index is 10.2. The Labute approximate surface area is 370 Å². The van der Waals surface area contributed by atoms with Crippen LogP contribution < -0.4 is 0 Å². The van der Waals surface area contributed by atoms with Gasteiger partial charge in [0.25, 0.3) is 0 Å². The molecule has 0 N–H and O–H groups in total. The summed E-state index contributed by atoms with van der Waals surface area (Å²) in [6, 6.07) is -24.5. The minimum atomic E-state index is -0.951. The first-order chi connectivity index (χ1) is 40.3. The predicted molar refractivity (Wildman–Crippen MR) is 234 cm³/mol. The third-order valence-electron chi connectivity index (χ3n) is 8.89. The summed E-state index contributed by atoms with van der Waals surface area (Å²) in [4.78, 5) is 12.9. The van der Waals surface area contributed by atoms with Crippen molar-refractivity contribution in [3.63, 3.8) is 0 Å². The van der Waals surface area contributed by atoms with E-state index in [1.165, 1.54) is 0 Å². The topological polar surface area (TPSA) is 65.0 Å². The second-order valence-corrected chi connectivity index (χ2v) is 13.1. The number of furan rings is 2. The fourth-order valence-corrected chi connectivity index (χ4v) is 7.50. The van der Waals surface area contributed by atoms with Crippen LogP contribution in [0.2, 0.25) is 0 Å². The molecule has 4 aromatic heterocycles. The lowest BCUT2D eigenvalue weighted by molar-refractivity contribution is 0.669. The molecule has 0 fully saturated rings. The largest absolute Gasteiger partial charge is 0.456 e. The van der Waals surface area contributed by atoms with Gasteiger partial charge in [0.2, 0.25) is 0 Å². The molecule has 12 aromatic rings. The van der Waals surface area contributed by atoms with E-state index in [9.17, 15) is 12.3 Å². The fraction of sp³-hybridized carbons (Fsp3) is 0. The van der Waals surface area contributed by atoms with Gasteiger partial charge in [-0.05, 0) is 59.0 Å². The second-order valence-electron chi connectivity index (χ2n) is 12.1. The first kappa shape index (κ1) is 14.6. The van der Waals surface area contributed by atoms with Gasteiger partial charge >= 0.3 is 0 Å². The van der Waals surface area contributed by atoms with E-state index in [4.69, 9.17) is 36.2 Å². The highest BCUT2D eigenvalue weighted by molar-refractivity contribution is 7.26. The van der Waals surface area contributed by atoms with Crippen molar-refractivity contribution < 1.29 is 48.6 Å². The number of thiophene rings is 1. The average Bonchev–Trinajstić information content (AvgIpc) is 1.48. The molecule has 0 bridgehead atoms. The van der Waals surface area contributed by atoms with E-state index in [0.29, 0.717) is 11.3 Å². The van der Waals surface area contributed by atoms with Crippen molar-refractivity contribution >= 4 is 75.4 Å². The fourth-order valence-electron chi connectivity index (χ4n) is 6.48. The van der Waals surface area contributed by atoms with Gasteiger partial charge in [0.1, 0.15) is 22.3 Å². The molecule has 0 aliphatic rings. The molecule has 5 nitrogen and oxygen atoms in total. The lowest BCUT2D eigenvalue weighted by atomic mass is 9.92. The zero-order valence-electron chi connectivity index (χ0n) is 57.1. The van der Waals surface area contributed by atoms with Gasteiger partial charge in [0.15, 0.2) is 17.5 Å². The predicted octanol–water partition coefficient (Wildman–Crippen LogP) is 14.4. The van der Waals surface area contributed by atoms with Gasteiger partial charge in [-0.2, -0.15) is 0 Å². The molecule has 6 heteroatoms. The lowest BCUT2D eigenvalue weighted by Crippen LogP contribution is -1.99. The maximum Gasteiger partial charge on any atom is 0.164 e. The Morgan fingerprint density at radius 3 is 1.74 bits per heavy atom. The molecule has 12 rings (SSSR count). The number of nitrogens with zero attached hydrogens (tertiary/aromatic N) is 3. The minimum Gasteiger partial charge on any atom is -0.456 e. The van der Waals surface area contributed by atoms with Crippen LogP contribution in [0.3, 0.4) is 0 Å². The van der Waals surface area contributed by atoms with E-state index in [1.54, 1.807) is 0 Å². The Balaban J connectivity index is 1.26. The first-order valence-electron chi connectivity index (χ1n) is 31.1. The van der Waals surface area contributed by atoms with Crippen LogP contribution in [0.5, 0.6) is 0 Å². The molecule has 0 spiro atoms. The van der Waals surface area contributed by atoms with Crippen LogP contribution in [0.1, 0.15) is 39.8 Å². The number of hydrogen-bond donors (Lipinski definition) is 0. The van der Waals surface area contributed by atoms with Gasteiger partial charge in [-0.3, -0.25) is 0 Å². The van der Waals surface area contributed by atoms with Gasteiger partial charge in [-0.1, -0.05) is 133 Å². The van der Waals surface area contributed by atoms with Crippen molar-refractivity contribution in [2.45, 2.75) is 0 Å². The number of rotatable bonds is 5. The quantitative estimate of drug-likeness (QED) is 0.174. The molecule has 0 amide bonds. The maximum absolute atomic E-state index is 10.2. The van der Waals surface area contributed by atoms with Gasteiger partial charge in [0, 0.05) is 64.0 Å². The van der Waals surface area contributed by atoms with Crippen molar-refractivity contribution in [1.29, 1.82) is 0 Å². The standard InChI is InChI=1S/C51H29N3O2S/c1-3-13-30(14-4-1)49-52-50(31-15-5-2-6-16-31)54-51(53-49)32-25-26-38-45(29-32)57-44-24-12-20-36(47(38)44)40-28-33(27-39-35-17-7-9-21-41(35)56-48(39)40)34-19-11-23-43-46(34)37-18-8-10-22-42(37)55-43/h1-29H/i1D,2D,3D,4D,5D,6D,7D,8D,9D,10D,11D,12D,13D,14D,15D,16D,17D,18D,19D,20D,21D,22D,23D,24D,25D,26D,27D,28D,29D. The Morgan fingerprint density at radius 2 is 0.982 bits per heavy atom. The van der Waals surface area contributed by atoms with Crippen LogP contribution in [-0.2, 0) is 0 Å². The van der Waals surface area contributed by atoms with Crippen molar-refractivity contribution in [2.24, 2.45) is 0 Å². The van der Waals surface area contributed by atoms with E-state index in [-0.39, 0.29) is 9.40 Å². The summed E-state index contributed by atoms with van der Waals surface area (Å²) in [5, 5.41) is -2.82. The number of hydrogen-bond acceptors (Lipinski definition) is 6. The lowest BCUT2D eigenvalue weighted by Gasteiger charge is -2.11. The van der Waals surface area contributed by atoms with Gasteiger partial charge in [-0.15, -0.1) is 11.3 Å². The number of benzene rings is 8. The Kier molecular flexibility index (Phi) is 3.22. The molecule has 0 aliphatic heterocycles. The van der Waals surface area contributed by atoms with Crippen LogP contribution in [0.15, 0.2) is 184 Å². The summed E-state index contributed by atoms with van der Waals surface area (Å²) in [6.07, 6.45) is 0. The van der Waals surface area contributed by atoms with Crippen molar-refractivity contribution in [1.82, 2.24) is 15.0 Å². The molecular weight excluding hydrogens is 719 g/mol. The number of fused-ring (bicyclic) bond motifs is 9. The van der Waals surface area contributed by atoms with Crippen molar-refractivity contribution in [2.75, 3.05) is 0 Å². The zero-order valence-corrected chi connectivity index (χ0v) is 28.9. The SMILES string of the molecule is [2H]c1c([2H])c([2H])c(-c2nc(-c3c([2H])c([2H])c([2H])c([2H])c3[2H])nc(-c3c([2H])c([2H])c4c(sc5c([2H])c([2H])c([2H])c(-c6c([2H])c(-c7c([2H])c([2H])c([2H])c8oc9c([2H])c([2H])c([2H])c([2H])c9c78)c([2H])c7c6oc6c([2H])c([2H])c([2H])c([2H])c67)c54)c3[2H])n2)c([2H])c1[2H]. The van der Waals surface area contributed by atoms with Gasteiger partial charge in [-0.25, -0.2) is 15.0 Å². The van der Waals surface area contributed by atoms with E-state index in [0.717, 1.165) is 0 Å². The molecule has 4 heterocycles. The van der Waals surface area contributed by atoms with Gasteiger partial charge < -0.3 is 8.83 Å². The minimum absolute atomic E-state index is 0.318. The molecule has 0 radical (unpaired) electrons. The third kappa shape index (κ3) is 5.12. The van der Waals surface area contributed by atoms with Crippen molar-refractivity contribution in [3.05, 3.63) is 175 Å². The van der Waals surface area contributed by atoms with Crippen LogP contribution >= 0.6 is 11.3 Å². The Morgan fingerprint density at radius 1 is 0.368 bits per heavy atom. The average molecular weight is 777 g/mol.